The third-order valence-corrected chi connectivity index (χ3v) is 7.25. The van der Waals surface area contributed by atoms with Crippen LogP contribution in [0.1, 0.15) is 24.8 Å². The number of ether oxygens (including phenoxy) is 1. The first-order valence-electron chi connectivity index (χ1n) is 9.46. The number of aliphatic hydroxyl groups is 1. The molecule has 7 nitrogen and oxygen atoms in total. The topological polar surface area (TPSA) is 97.2 Å². The zero-order valence-electron chi connectivity index (χ0n) is 15.5. The van der Waals surface area contributed by atoms with E-state index < -0.39 is 10.8 Å². The van der Waals surface area contributed by atoms with Gasteiger partial charge in [-0.1, -0.05) is 11.6 Å². The number of halogens is 1. The number of aliphatic hydroxyl groups excluding tert-OH is 1. The molecule has 3 heterocycles. The predicted octanol–water partition coefficient (Wildman–Crippen LogP) is 3.46. The number of pyridine rings is 1. The van der Waals surface area contributed by atoms with Crippen molar-refractivity contribution in [2.75, 3.05) is 17.7 Å². The lowest BCUT2D eigenvalue weighted by Gasteiger charge is -2.41. The van der Waals surface area contributed by atoms with E-state index in [0.29, 0.717) is 22.3 Å². The predicted molar refractivity (Wildman–Crippen MR) is 111 cm³/mol. The second-order valence-corrected chi connectivity index (χ2v) is 9.39. The maximum Gasteiger partial charge on any atom is 0.321 e. The van der Waals surface area contributed by atoms with Crippen LogP contribution in [0.5, 0.6) is 11.8 Å². The summed E-state index contributed by atoms with van der Waals surface area (Å²) in [4.78, 5) is 13.6. The van der Waals surface area contributed by atoms with Gasteiger partial charge in [-0.15, -0.1) is 0 Å². The highest BCUT2D eigenvalue weighted by atomic mass is 35.5. The Morgan fingerprint density at radius 1 is 1.28 bits per heavy atom. The number of nitrogens with zero attached hydrogens (tertiary/aromatic N) is 3. The highest BCUT2D eigenvalue weighted by Gasteiger charge is 2.38. The van der Waals surface area contributed by atoms with Crippen LogP contribution in [0.4, 0.5) is 5.82 Å². The number of hydrogen-bond donors (Lipinski definition) is 2. The number of aromatic nitrogens is 3. The van der Waals surface area contributed by atoms with Crippen molar-refractivity contribution < 1.29 is 14.1 Å². The minimum absolute atomic E-state index is 0.0329. The minimum Gasteiger partial charge on any atom is -0.424 e. The van der Waals surface area contributed by atoms with Gasteiger partial charge in [0.25, 0.3) is 0 Å². The Kier molecular flexibility index (Phi) is 4.64. The molecular weight excluding hydrogens is 412 g/mol. The lowest BCUT2D eigenvalue weighted by Crippen LogP contribution is -2.48. The molecule has 0 saturated heterocycles. The summed E-state index contributed by atoms with van der Waals surface area (Å²) in [5.74, 6) is 1.75. The van der Waals surface area contributed by atoms with Crippen LogP contribution in [0.25, 0.3) is 10.9 Å². The molecule has 1 aliphatic heterocycles. The fraction of sp³-hybridized carbons (Fsp3) is 0.350. The Morgan fingerprint density at radius 3 is 2.76 bits per heavy atom. The number of aryl methyl sites for hydroxylation is 1. The van der Waals surface area contributed by atoms with Crippen molar-refractivity contribution >= 4 is 39.1 Å². The Balaban J connectivity index is 1.56. The van der Waals surface area contributed by atoms with E-state index in [1.54, 1.807) is 0 Å². The van der Waals surface area contributed by atoms with E-state index in [-0.39, 0.29) is 18.2 Å². The third kappa shape index (κ3) is 3.35. The third-order valence-electron chi connectivity index (χ3n) is 5.58. The highest BCUT2D eigenvalue weighted by Crippen LogP contribution is 2.40. The van der Waals surface area contributed by atoms with Crippen LogP contribution in [-0.2, 0) is 17.2 Å². The minimum atomic E-state index is -1.09. The molecule has 1 aromatic carbocycles. The lowest BCUT2D eigenvalue weighted by molar-refractivity contribution is 0.143. The van der Waals surface area contributed by atoms with Gasteiger partial charge in [0, 0.05) is 17.2 Å². The number of benzene rings is 1. The zero-order chi connectivity index (χ0) is 20.0. The quantitative estimate of drug-likeness (QED) is 0.639. The molecular formula is C20H19ClN4O3S. The molecule has 2 aromatic heterocycles. The Hall–Kier alpha value is -2.29. The van der Waals surface area contributed by atoms with E-state index in [2.05, 4.69) is 15.3 Å². The van der Waals surface area contributed by atoms with Crippen molar-refractivity contribution in [3.8, 4) is 11.8 Å². The number of rotatable bonds is 5. The fourth-order valence-corrected chi connectivity index (χ4v) is 5.36. The summed E-state index contributed by atoms with van der Waals surface area (Å²) >= 11 is 5.82. The van der Waals surface area contributed by atoms with Crippen LogP contribution in [0.2, 0.25) is 5.02 Å². The van der Waals surface area contributed by atoms with E-state index in [4.69, 9.17) is 21.3 Å². The van der Waals surface area contributed by atoms with Gasteiger partial charge in [-0.2, -0.15) is 0 Å². The van der Waals surface area contributed by atoms with Gasteiger partial charge < -0.3 is 15.2 Å². The van der Waals surface area contributed by atoms with Gasteiger partial charge in [-0.25, -0.2) is 15.0 Å². The van der Waals surface area contributed by atoms with Crippen molar-refractivity contribution in [2.45, 2.75) is 36.1 Å². The first kappa shape index (κ1) is 18.7. The van der Waals surface area contributed by atoms with E-state index in [1.807, 2.05) is 18.2 Å². The van der Waals surface area contributed by atoms with Crippen LogP contribution in [-0.4, -0.2) is 42.2 Å². The summed E-state index contributed by atoms with van der Waals surface area (Å²) in [6.45, 7) is 0.0329. The average Bonchev–Trinajstić information content (AvgIpc) is 3.08. The molecule has 0 spiro atoms. The molecule has 0 bridgehead atoms. The maximum absolute atomic E-state index is 12.7. The standard InChI is InChI=1S/C20H19ClN4O3S/c21-12-9-22-19(23-10-12)28-13-2-3-14-15-4-7-29(27)17(15)18(24-16(14)8-13)25-20(11-26)5-1-6-20/h2-3,8-10,26H,1,4-7,11H2,(H,24,25)/t29-/m0/s1. The molecule has 1 saturated carbocycles. The molecule has 150 valence electrons. The smallest absolute Gasteiger partial charge is 0.321 e. The number of anilines is 1. The Morgan fingerprint density at radius 2 is 2.07 bits per heavy atom. The van der Waals surface area contributed by atoms with Gasteiger partial charge in [0.2, 0.25) is 0 Å². The van der Waals surface area contributed by atoms with Crippen molar-refractivity contribution in [3.63, 3.8) is 0 Å². The van der Waals surface area contributed by atoms with Gasteiger partial charge in [0.15, 0.2) is 0 Å². The van der Waals surface area contributed by atoms with Gasteiger partial charge in [0.1, 0.15) is 11.6 Å². The fourth-order valence-electron chi connectivity index (χ4n) is 3.87. The molecule has 2 N–H and O–H groups in total. The molecule has 5 rings (SSSR count). The first-order valence-corrected chi connectivity index (χ1v) is 11.2. The Labute approximate surface area is 175 Å². The second-order valence-electron chi connectivity index (χ2n) is 7.45. The first-order chi connectivity index (χ1) is 14.1. The molecule has 29 heavy (non-hydrogen) atoms. The van der Waals surface area contributed by atoms with E-state index in [9.17, 15) is 9.32 Å². The molecule has 2 aliphatic rings. The summed E-state index contributed by atoms with van der Waals surface area (Å²) in [7, 11) is -1.09. The number of hydrogen-bond acceptors (Lipinski definition) is 7. The largest absolute Gasteiger partial charge is 0.424 e. The highest BCUT2D eigenvalue weighted by molar-refractivity contribution is 7.85. The van der Waals surface area contributed by atoms with Crippen molar-refractivity contribution in [1.82, 2.24) is 15.0 Å². The second kappa shape index (κ2) is 7.19. The monoisotopic (exact) mass is 430 g/mol. The van der Waals surface area contributed by atoms with Gasteiger partial charge in [0.05, 0.1) is 50.8 Å². The van der Waals surface area contributed by atoms with Crippen molar-refractivity contribution in [2.24, 2.45) is 0 Å². The summed E-state index contributed by atoms with van der Waals surface area (Å²) < 4.78 is 18.4. The average molecular weight is 431 g/mol. The molecule has 1 fully saturated rings. The number of nitrogens with one attached hydrogen (secondary N) is 1. The van der Waals surface area contributed by atoms with Gasteiger partial charge >= 0.3 is 6.01 Å². The molecule has 3 aromatic rings. The van der Waals surface area contributed by atoms with E-state index >= 15 is 0 Å². The number of fused-ring (bicyclic) bond motifs is 3. The summed E-state index contributed by atoms with van der Waals surface area (Å²) in [6.07, 6.45) is 6.50. The molecule has 0 amide bonds. The summed E-state index contributed by atoms with van der Waals surface area (Å²) in [5.41, 5.74) is 1.42. The van der Waals surface area contributed by atoms with Gasteiger partial charge in [-0.05, 0) is 43.4 Å². The van der Waals surface area contributed by atoms with E-state index in [0.717, 1.165) is 47.0 Å². The summed E-state index contributed by atoms with van der Waals surface area (Å²) in [5, 5.41) is 14.7. The van der Waals surface area contributed by atoms with E-state index in [1.165, 1.54) is 12.4 Å². The molecule has 0 unspecified atom stereocenters. The summed E-state index contributed by atoms with van der Waals surface area (Å²) in [6, 6.07) is 5.79. The van der Waals surface area contributed by atoms with Crippen molar-refractivity contribution in [1.29, 1.82) is 0 Å². The Bertz CT molecular complexity index is 1110. The normalized spacial score (nSPS) is 19.6. The van der Waals surface area contributed by atoms with Crippen LogP contribution in [0.15, 0.2) is 35.5 Å². The molecule has 1 atom stereocenters. The van der Waals surface area contributed by atoms with Crippen LogP contribution < -0.4 is 10.1 Å². The van der Waals surface area contributed by atoms with Crippen LogP contribution in [0, 0.1) is 0 Å². The van der Waals surface area contributed by atoms with Crippen molar-refractivity contribution in [3.05, 3.63) is 41.2 Å². The molecule has 0 radical (unpaired) electrons. The maximum atomic E-state index is 12.7. The molecule has 9 heteroatoms. The SMILES string of the molecule is O=[S@]1CCc2c1c(NC1(CO)CCC1)nc1cc(Oc3ncc(Cl)cn3)ccc21. The van der Waals surface area contributed by atoms with Crippen LogP contribution >= 0.6 is 11.6 Å². The van der Waals surface area contributed by atoms with Gasteiger partial charge in [-0.3, -0.25) is 4.21 Å². The molecule has 1 aliphatic carbocycles. The van der Waals surface area contributed by atoms with Crippen LogP contribution in [0.3, 0.4) is 0 Å². The zero-order valence-corrected chi connectivity index (χ0v) is 17.1. The lowest BCUT2D eigenvalue weighted by atomic mass is 9.77.